The summed E-state index contributed by atoms with van der Waals surface area (Å²) in [7, 11) is 0. The first-order valence-electron chi connectivity index (χ1n) is 9.68. The van der Waals surface area contributed by atoms with Crippen LogP contribution in [-0.4, -0.2) is 36.6 Å². The molecule has 0 spiro atoms. The molecule has 1 fully saturated rings. The van der Waals surface area contributed by atoms with E-state index in [9.17, 15) is 0 Å². The molecule has 0 bridgehead atoms. The summed E-state index contributed by atoms with van der Waals surface area (Å²) in [6, 6.07) is 1.48. The Balaban J connectivity index is 2.07. The molecular formula is C19H40N2. The van der Waals surface area contributed by atoms with Crippen molar-refractivity contribution < 1.29 is 0 Å². The number of hydrogen-bond acceptors (Lipinski definition) is 2. The van der Waals surface area contributed by atoms with Crippen LogP contribution in [0.3, 0.4) is 0 Å². The van der Waals surface area contributed by atoms with Crippen LogP contribution >= 0.6 is 0 Å². The Kier molecular flexibility index (Phi) is 10.4. The van der Waals surface area contributed by atoms with Gasteiger partial charge in [-0.05, 0) is 45.3 Å². The van der Waals surface area contributed by atoms with E-state index in [1.807, 2.05) is 0 Å². The molecular weight excluding hydrogens is 256 g/mol. The number of unbranched alkanes of at least 4 members (excludes halogenated alkanes) is 7. The third-order valence-corrected chi connectivity index (χ3v) is 5.46. The summed E-state index contributed by atoms with van der Waals surface area (Å²) in [5, 5.41) is 3.66. The summed E-state index contributed by atoms with van der Waals surface area (Å²) < 4.78 is 0. The first-order chi connectivity index (χ1) is 10.2. The lowest BCUT2D eigenvalue weighted by atomic mass is 9.87. The molecule has 0 radical (unpaired) electrons. The van der Waals surface area contributed by atoms with Gasteiger partial charge in [0.15, 0.2) is 0 Å². The van der Waals surface area contributed by atoms with Gasteiger partial charge in [0.1, 0.15) is 0 Å². The second-order valence-electron chi connectivity index (χ2n) is 7.06. The molecule has 2 heteroatoms. The van der Waals surface area contributed by atoms with Crippen LogP contribution < -0.4 is 5.32 Å². The van der Waals surface area contributed by atoms with E-state index in [0.29, 0.717) is 0 Å². The van der Waals surface area contributed by atoms with Crippen LogP contribution in [0.15, 0.2) is 0 Å². The van der Waals surface area contributed by atoms with E-state index in [4.69, 9.17) is 0 Å². The van der Waals surface area contributed by atoms with Crippen LogP contribution in [0.25, 0.3) is 0 Å². The molecule has 1 rings (SSSR count). The fourth-order valence-corrected chi connectivity index (χ4v) is 3.75. The molecule has 0 aromatic rings. The van der Waals surface area contributed by atoms with E-state index >= 15 is 0 Å². The maximum Gasteiger partial charge on any atom is 0.0120 e. The highest BCUT2D eigenvalue weighted by atomic mass is 15.2. The highest BCUT2D eigenvalue weighted by Crippen LogP contribution is 2.24. The molecule has 0 aromatic carbocycles. The third kappa shape index (κ3) is 7.15. The van der Waals surface area contributed by atoms with Crippen molar-refractivity contribution in [1.29, 1.82) is 0 Å². The molecule has 0 aliphatic carbocycles. The highest BCUT2D eigenvalue weighted by Gasteiger charge is 2.31. The van der Waals surface area contributed by atoms with Crippen molar-refractivity contribution in [2.45, 2.75) is 97.6 Å². The zero-order chi connectivity index (χ0) is 15.5. The van der Waals surface area contributed by atoms with Crippen LogP contribution in [0.4, 0.5) is 0 Å². The molecule has 0 amide bonds. The fraction of sp³-hybridized carbons (Fsp3) is 1.00. The number of nitrogens with one attached hydrogen (secondary N) is 1. The van der Waals surface area contributed by atoms with E-state index in [0.717, 1.165) is 24.5 Å². The standard InChI is InChI=1S/C19H40N2/c1-5-7-8-9-10-11-12-13-15-21-16-14-19(20-6-2)17(3)18(21)4/h17-20H,5-16H2,1-4H3. The molecule has 1 heterocycles. The minimum absolute atomic E-state index is 0.736. The first kappa shape index (κ1) is 19.0. The van der Waals surface area contributed by atoms with Crippen molar-refractivity contribution in [3.8, 4) is 0 Å². The molecule has 21 heavy (non-hydrogen) atoms. The molecule has 126 valence electrons. The summed E-state index contributed by atoms with van der Waals surface area (Å²) in [6.45, 7) is 13.1. The summed E-state index contributed by atoms with van der Waals surface area (Å²) >= 11 is 0. The number of nitrogens with zero attached hydrogens (tertiary/aromatic N) is 1. The molecule has 2 nitrogen and oxygen atoms in total. The van der Waals surface area contributed by atoms with Gasteiger partial charge in [0.05, 0.1) is 0 Å². The molecule has 1 saturated heterocycles. The normalized spacial score (nSPS) is 27.1. The Hall–Kier alpha value is -0.0800. The second kappa shape index (κ2) is 11.5. The molecule has 1 N–H and O–H groups in total. The summed E-state index contributed by atoms with van der Waals surface area (Å²) in [4.78, 5) is 2.73. The van der Waals surface area contributed by atoms with E-state index in [-0.39, 0.29) is 0 Å². The fourth-order valence-electron chi connectivity index (χ4n) is 3.75. The number of hydrogen-bond donors (Lipinski definition) is 1. The van der Waals surface area contributed by atoms with E-state index in [1.54, 1.807) is 0 Å². The summed E-state index contributed by atoms with van der Waals surface area (Å²) in [5.41, 5.74) is 0. The van der Waals surface area contributed by atoms with Crippen LogP contribution in [0, 0.1) is 5.92 Å². The van der Waals surface area contributed by atoms with Crippen LogP contribution in [0.2, 0.25) is 0 Å². The Morgan fingerprint density at radius 1 is 0.905 bits per heavy atom. The van der Waals surface area contributed by atoms with Gasteiger partial charge < -0.3 is 10.2 Å². The molecule has 3 unspecified atom stereocenters. The zero-order valence-corrected chi connectivity index (χ0v) is 15.2. The van der Waals surface area contributed by atoms with Crippen LogP contribution in [0.5, 0.6) is 0 Å². The van der Waals surface area contributed by atoms with Gasteiger partial charge in [-0.15, -0.1) is 0 Å². The topological polar surface area (TPSA) is 15.3 Å². The maximum absolute atomic E-state index is 3.66. The van der Waals surface area contributed by atoms with Gasteiger partial charge >= 0.3 is 0 Å². The molecule has 1 aliphatic heterocycles. The summed E-state index contributed by atoms with van der Waals surface area (Å²) in [6.07, 6.45) is 12.7. The largest absolute Gasteiger partial charge is 0.314 e. The number of rotatable bonds is 11. The summed E-state index contributed by atoms with van der Waals surface area (Å²) in [5.74, 6) is 0.785. The van der Waals surface area contributed by atoms with Crippen molar-refractivity contribution in [3.05, 3.63) is 0 Å². The maximum atomic E-state index is 3.66. The minimum atomic E-state index is 0.736. The lowest BCUT2D eigenvalue weighted by Crippen LogP contribution is -2.53. The van der Waals surface area contributed by atoms with Gasteiger partial charge in [-0.1, -0.05) is 65.7 Å². The molecule has 3 atom stereocenters. The zero-order valence-electron chi connectivity index (χ0n) is 15.2. The number of likely N-dealkylation sites (tertiary alicyclic amines) is 1. The Morgan fingerprint density at radius 3 is 2.14 bits per heavy atom. The van der Waals surface area contributed by atoms with Crippen molar-refractivity contribution in [1.82, 2.24) is 10.2 Å². The third-order valence-electron chi connectivity index (χ3n) is 5.46. The lowest BCUT2D eigenvalue weighted by molar-refractivity contribution is 0.0838. The quantitative estimate of drug-likeness (QED) is 0.549. The Morgan fingerprint density at radius 2 is 1.52 bits per heavy atom. The lowest BCUT2D eigenvalue weighted by Gasteiger charge is -2.43. The van der Waals surface area contributed by atoms with Gasteiger partial charge in [0.25, 0.3) is 0 Å². The highest BCUT2D eigenvalue weighted by molar-refractivity contribution is 4.88. The minimum Gasteiger partial charge on any atom is -0.314 e. The average Bonchev–Trinajstić information content (AvgIpc) is 2.49. The van der Waals surface area contributed by atoms with Crippen LogP contribution in [-0.2, 0) is 0 Å². The smallest absolute Gasteiger partial charge is 0.0120 e. The predicted octanol–water partition coefficient (Wildman–Crippen LogP) is 4.84. The van der Waals surface area contributed by atoms with Gasteiger partial charge in [0.2, 0.25) is 0 Å². The van der Waals surface area contributed by atoms with Gasteiger partial charge in [-0.2, -0.15) is 0 Å². The molecule has 1 aliphatic rings. The van der Waals surface area contributed by atoms with Crippen molar-refractivity contribution in [2.75, 3.05) is 19.6 Å². The molecule has 0 saturated carbocycles. The first-order valence-corrected chi connectivity index (χ1v) is 9.68. The van der Waals surface area contributed by atoms with E-state index < -0.39 is 0 Å². The SMILES string of the molecule is CCCCCCCCCCN1CCC(NCC)C(C)C1C. The average molecular weight is 297 g/mol. The Bertz CT molecular complexity index is 242. The van der Waals surface area contributed by atoms with Crippen LogP contribution in [0.1, 0.15) is 85.5 Å². The van der Waals surface area contributed by atoms with E-state index in [1.165, 1.54) is 70.9 Å². The predicted molar refractivity (Wildman–Crippen MR) is 94.9 cm³/mol. The van der Waals surface area contributed by atoms with Gasteiger partial charge in [-0.25, -0.2) is 0 Å². The number of piperidine rings is 1. The van der Waals surface area contributed by atoms with Crippen molar-refractivity contribution in [2.24, 2.45) is 5.92 Å². The van der Waals surface area contributed by atoms with Gasteiger partial charge in [0, 0.05) is 12.1 Å². The molecule has 0 aromatic heterocycles. The Labute approximate surface area is 134 Å². The van der Waals surface area contributed by atoms with Crippen molar-refractivity contribution >= 4 is 0 Å². The van der Waals surface area contributed by atoms with E-state index in [2.05, 4.69) is 37.9 Å². The van der Waals surface area contributed by atoms with Gasteiger partial charge in [-0.3, -0.25) is 0 Å². The van der Waals surface area contributed by atoms with Crippen molar-refractivity contribution in [3.63, 3.8) is 0 Å². The monoisotopic (exact) mass is 296 g/mol. The second-order valence-corrected chi connectivity index (χ2v) is 7.06.